The van der Waals surface area contributed by atoms with Crippen LogP contribution >= 0.6 is 0 Å². The molecule has 0 aliphatic heterocycles. The second-order valence-electron chi connectivity index (χ2n) is 4.16. The fourth-order valence-corrected chi connectivity index (χ4v) is 3.02. The molecule has 0 spiro atoms. The van der Waals surface area contributed by atoms with Gasteiger partial charge in [0.05, 0.1) is 5.69 Å². The van der Waals surface area contributed by atoms with Crippen LogP contribution in [-0.4, -0.2) is 15.5 Å². The molecule has 0 unspecified atom stereocenters. The predicted octanol–water partition coefficient (Wildman–Crippen LogP) is 2.35. The lowest BCUT2D eigenvalue weighted by atomic mass is 10.2. The highest BCUT2D eigenvalue weighted by atomic mass is 32.2. The average molecular weight is 294 g/mol. The Labute approximate surface area is 117 Å². The molecule has 0 fully saturated rings. The van der Waals surface area contributed by atoms with E-state index in [2.05, 4.69) is 10.0 Å². The van der Waals surface area contributed by atoms with Gasteiger partial charge in [-0.1, -0.05) is 30.3 Å². The maximum atomic E-state index is 13.5. The monoisotopic (exact) mass is 294 g/mol. The summed E-state index contributed by atoms with van der Waals surface area (Å²) >= 11 is 0. The van der Waals surface area contributed by atoms with Crippen molar-refractivity contribution in [2.24, 2.45) is 0 Å². The van der Waals surface area contributed by atoms with Crippen LogP contribution in [0.5, 0.6) is 0 Å². The van der Waals surface area contributed by atoms with Crippen molar-refractivity contribution in [3.05, 3.63) is 59.9 Å². The molecule has 0 radical (unpaired) electrons. The largest absolute Gasteiger partial charge is 0.387 e. The molecule has 0 saturated heterocycles. The lowest BCUT2D eigenvalue weighted by Gasteiger charge is -2.11. The van der Waals surface area contributed by atoms with E-state index in [9.17, 15) is 12.8 Å². The molecule has 2 N–H and O–H groups in total. The Morgan fingerprint density at radius 3 is 2.40 bits per heavy atom. The zero-order valence-electron chi connectivity index (χ0n) is 10.9. The van der Waals surface area contributed by atoms with Crippen LogP contribution < -0.4 is 10.0 Å². The van der Waals surface area contributed by atoms with Crippen molar-refractivity contribution >= 4 is 15.7 Å². The Balaban J connectivity index is 2.22. The van der Waals surface area contributed by atoms with Gasteiger partial charge >= 0.3 is 0 Å². The quantitative estimate of drug-likeness (QED) is 0.890. The topological polar surface area (TPSA) is 58.2 Å². The third-order valence-electron chi connectivity index (χ3n) is 2.86. The van der Waals surface area contributed by atoms with Crippen LogP contribution in [0.4, 0.5) is 10.1 Å². The number of para-hydroxylation sites is 1. The van der Waals surface area contributed by atoms with Gasteiger partial charge in [0.25, 0.3) is 0 Å². The van der Waals surface area contributed by atoms with Crippen LogP contribution in [0.15, 0.2) is 53.4 Å². The average Bonchev–Trinajstić information content (AvgIpc) is 2.46. The summed E-state index contributed by atoms with van der Waals surface area (Å²) in [5.41, 5.74) is 0.798. The Bertz CT molecular complexity index is 702. The van der Waals surface area contributed by atoms with E-state index >= 15 is 0 Å². The first-order chi connectivity index (χ1) is 9.54. The first-order valence-electron chi connectivity index (χ1n) is 6.04. The van der Waals surface area contributed by atoms with Gasteiger partial charge in [-0.15, -0.1) is 0 Å². The second kappa shape index (κ2) is 6.02. The van der Waals surface area contributed by atoms with E-state index in [-0.39, 0.29) is 11.4 Å². The van der Waals surface area contributed by atoms with E-state index in [0.717, 1.165) is 0 Å². The molecule has 0 aliphatic carbocycles. The minimum atomic E-state index is -3.70. The fourth-order valence-electron chi connectivity index (χ4n) is 1.80. The summed E-state index contributed by atoms with van der Waals surface area (Å²) in [4.78, 5) is 0.138. The zero-order chi connectivity index (χ0) is 14.6. The summed E-state index contributed by atoms with van der Waals surface area (Å²) in [5.74, 6) is -0.433. The van der Waals surface area contributed by atoms with E-state index in [1.54, 1.807) is 43.4 Å². The Morgan fingerprint density at radius 2 is 1.70 bits per heavy atom. The Hall–Kier alpha value is -1.92. The van der Waals surface area contributed by atoms with Gasteiger partial charge in [-0.3, -0.25) is 0 Å². The van der Waals surface area contributed by atoms with Crippen molar-refractivity contribution in [2.75, 3.05) is 12.4 Å². The molecule has 2 aromatic carbocycles. The van der Waals surface area contributed by atoms with Gasteiger partial charge in [0, 0.05) is 19.2 Å². The first kappa shape index (κ1) is 14.5. The molecule has 2 aromatic rings. The molecule has 2 rings (SSSR count). The Morgan fingerprint density at radius 1 is 1.05 bits per heavy atom. The number of rotatable bonds is 5. The van der Waals surface area contributed by atoms with Gasteiger partial charge in [-0.2, -0.15) is 0 Å². The van der Waals surface area contributed by atoms with Crippen molar-refractivity contribution < 1.29 is 12.8 Å². The van der Waals surface area contributed by atoms with Crippen molar-refractivity contribution in [1.29, 1.82) is 0 Å². The number of sulfonamides is 1. The molecule has 106 valence electrons. The van der Waals surface area contributed by atoms with E-state index in [1.807, 2.05) is 0 Å². The third kappa shape index (κ3) is 3.15. The van der Waals surface area contributed by atoms with E-state index in [0.29, 0.717) is 11.3 Å². The summed E-state index contributed by atoms with van der Waals surface area (Å²) in [5, 5.41) is 2.82. The van der Waals surface area contributed by atoms with Crippen molar-refractivity contribution in [1.82, 2.24) is 4.72 Å². The molecular weight excluding hydrogens is 279 g/mol. The minimum absolute atomic E-state index is 0.0902. The summed E-state index contributed by atoms with van der Waals surface area (Å²) in [6.07, 6.45) is 0. The van der Waals surface area contributed by atoms with Gasteiger partial charge in [0.2, 0.25) is 10.0 Å². The highest BCUT2D eigenvalue weighted by Crippen LogP contribution is 2.20. The van der Waals surface area contributed by atoms with E-state index < -0.39 is 15.8 Å². The van der Waals surface area contributed by atoms with Crippen LogP contribution in [0.2, 0.25) is 0 Å². The predicted molar refractivity (Wildman–Crippen MR) is 76.4 cm³/mol. The van der Waals surface area contributed by atoms with Gasteiger partial charge in [-0.05, 0) is 18.2 Å². The van der Waals surface area contributed by atoms with Crippen molar-refractivity contribution in [2.45, 2.75) is 11.4 Å². The third-order valence-corrected chi connectivity index (χ3v) is 4.32. The van der Waals surface area contributed by atoms with Gasteiger partial charge in [-0.25, -0.2) is 17.5 Å². The molecule has 0 bridgehead atoms. The van der Waals surface area contributed by atoms with E-state index in [4.69, 9.17) is 0 Å². The number of anilines is 1. The van der Waals surface area contributed by atoms with Crippen molar-refractivity contribution in [3.8, 4) is 0 Å². The molecule has 0 amide bonds. The SMILES string of the molecule is CNc1ccccc1S(=O)(=O)NCc1ccccc1F. The number of halogens is 1. The molecule has 0 heterocycles. The lowest BCUT2D eigenvalue weighted by molar-refractivity contribution is 0.574. The first-order valence-corrected chi connectivity index (χ1v) is 7.53. The summed E-state index contributed by atoms with van der Waals surface area (Å²) in [6.45, 7) is -0.0902. The maximum Gasteiger partial charge on any atom is 0.242 e. The zero-order valence-corrected chi connectivity index (χ0v) is 11.7. The van der Waals surface area contributed by atoms with Crippen LogP contribution in [0.1, 0.15) is 5.56 Å². The van der Waals surface area contributed by atoms with Gasteiger partial charge < -0.3 is 5.32 Å². The number of hydrogen-bond acceptors (Lipinski definition) is 3. The Kier molecular flexibility index (Phi) is 4.36. The molecule has 6 heteroatoms. The molecule has 0 aromatic heterocycles. The summed E-state index contributed by atoms with van der Waals surface area (Å²) in [6, 6.07) is 12.6. The standard InChI is InChI=1S/C14H15FN2O2S/c1-16-13-8-4-5-9-14(13)20(18,19)17-10-11-6-2-3-7-12(11)15/h2-9,16-17H,10H2,1H3. The number of nitrogens with one attached hydrogen (secondary N) is 2. The van der Waals surface area contributed by atoms with Gasteiger partial charge in [0.15, 0.2) is 0 Å². The fraction of sp³-hybridized carbons (Fsp3) is 0.143. The molecular formula is C14H15FN2O2S. The number of hydrogen-bond donors (Lipinski definition) is 2. The van der Waals surface area contributed by atoms with Crippen LogP contribution in [-0.2, 0) is 16.6 Å². The minimum Gasteiger partial charge on any atom is -0.387 e. The maximum absolute atomic E-state index is 13.5. The van der Waals surface area contributed by atoms with Gasteiger partial charge in [0.1, 0.15) is 10.7 Å². The second-order valence-corrected chi connectivity index (χ2v) is 5.90. The van der Waals surface area contributed by atoms with Crippen molar-refractivity contribution in [3.63, 3.8) is 0 Å². The molecule has 0 aliphatic rings. The molecule has 0 saturated carbocycles. The molecule has 0 atom stereocenters. The van der Waals surface area contributed by atoms with Crippen LogP contribution in [0.3, 0.4) is 0 Å². The highest BCUT2D eigenvalue weighted by Gasteiger charge is 2.17. The smallest absolute Gasteiger partial charge is 0.242 e. The molecule has 4 nitrogen and oxygen atoms in total. The lowest BCUT2D eigenvalue weighted by Crippen LogP contribution is -2.24. The number of benzene rings is 2. The van der Waals surface area contributed by atoms with Crippen LogP contribution in [0.25, 0.3) is 0 Å². The summed E-state index contributed by atoms with van der Waals surface area (Å²) in [7, 11) is -2.05. The highest BCUT2D eigenvalue weighted by molar-refractivity contribution is 7.89. The molecule has 20 heavy (non-hydrogen) atoms. The van der Waals surface area contributed by atoms with E-state index in [1.165, 1.54) is 12.1 Å². The normalized spacial score (nSPS) is 11.3. The van der Waals surface area contributed by atoms with Crippen LogP contribution in [0, 0.1) is 5.82 Å². The summed E-state index contributed by atoms with van der Waals surface area (Å²) < 4.78 is 40.3.